The lowest BCUT2D eigenvalue weighted by Gasteiger charge is -2.29. The highest BCUT2D eigenvalue weighted by Gasteiger charge is 2.39. The van der Waals surface area contributed by atoms with E-state index in [4.69, 9.17) is 17.3 Å². The molecule has 6 heteroatoms. The first-order chi connectivity index (χ1) is 8.32. The number of hydrogen-bond acceptors (Lipinski definition) is 3. The van der Waals surface area contributed by atoms with Crippen LogP contribution in [0.2, 0.25) is 5.02 Å². The van der Waals surface area contributed by atoms with Crippen molar-refractivity contribution in [2.24, 2.45) is 11.7 Å². The van der Waals surface area contributed by atoms with Gasteiger partial charge in [0.1, 0.15) is 0 Å². The van der Waals surface area contributed by atoms with Crippen molar-refractivity contribution < 1.29 is 4.39 Å². The highest BCUT2D eigenvalue weighted by molar-refractivity contribution is 6.31. The molecule has 0 bridgehead atoms. The van der Waals surface area contributed by atoms with Crippen LogP contribution in [-0.4, -0.2) is 41.9 Å². The van der Waals surface area contributed by atoms with Crippen LogP contribution in [-0.2, 0) is 12.2 Å². The number of nitrogens with two attached hydrogens (primary N) is 1. The minimum atomic E-state index is -1.64. The fourth-order valence-electron chi connectivity index (χ4n) is 1.85. The lowest BCUT2D eigenvalue weighted by atomic mass is 9.89. The van der Waals surface area contributed by atoms with Gasteiger partial charge in [0.05, 0.1) is 23.5 Å². The molecule has 0 aliphatic carbocycles. The zero-order valence-corrected chi connectivity index (χ0v) is 12.2. The van der Waals surface area contributed by atoms with Gasteiger partial charge in [-0.15, -0.1) is 0 Å². The van der Waals surface area contributed by atoms with Crippen LogP contribution in [0.5, 0.6) is 0 Å². The number of hydrogen-bond donors (Lipinski definition) is 1. The standard InChI is InChI=1S/C12H22ClFN4/c1-9(2)12(14,8-15)11-10(13)7-16-18(11)6-5-17(3)4/h7,9H,5-6,8,15H2,1-4H3. The molecule has 0 fully saturated rings. The molecule has 0 saturated heterocycles. The van der Waals surface area contributed by atoms with Crippen LogP contribution in [0.1, 0.15) is 19.5 Å². The van der Waals surface area contributed by atoms with Gasteiger partial charge in [0.2, 0.25) is 0 Å². The van der Waals surface area contributed by atoms with Crippen LogP contribution in [0, 0.1) is 5.92 Å². The number of likely N-dealkylation sites (N-methyl/N-ethyl adjacent to an activating group) is 1. The highest BCUT2D eigenvalue weighted by Crippen LogP contribution is 2.37. The van der Waals surface area contributed by atoms with Gasteiger partial charge in [-0.25, -0.2) is 4.39 Å². The molecule has 1 rings (SSSR count). The summed E-state index contributed by atoms with van der Waals surface area (Å²) in [6, 6.07) is 0. The zero-order valence-electron chi connectivity index (χ0n) is 11.5. The van der Waals surface area contributed by atoms with Crippen molar-refractivity contribution in [3.63, 3.8) is 0 Å². The molecule has 1 aromatic rings. The number of aromatic nitrogens is 2. The average molecular weight is 277 g/mol. The van der Waals surface area contributed by atoms with Gasteiger partial charge < -0.3 is 10.6 Å². The summed E-state index contributed by atoms with van der Waals surface area (Å²) < 4.78 is 16.6. The molecule has 1 unspecified atom stereocenters. The summed E-state index contributed by atoms with van der Waals surface area (Å²) in [7, 11) is 3.91. The zero-order chi connectivity index (χ0) is 13.9. The van der Waals surface area contributed by atoms with E-state index in [-0.39, 0.29) is 12.5 Å². The Bertz CT molecular complexity index is 391. The van der Waals surface area contributed by atoms with E-state index in [1.165, 1.54) is 6.20 Å². The topological polar surface area (TPSA) is 47.1 Å². The fraction of sp³-hybridized carbons (Fsp3) is 0.750. The molecular formula is C12H22ClFN4. The molecular weight excluding hydrogens is 255 g/mol. The van der Waals surface area contributed by atoms with E-state index in [2.05, 4.69) is 5.10 Å². The Hall–Kier alpha value is -0.650. The fourth-order valence-corrected chi connectivity index (χ4v) is 2.14. The molecule has 104 valence electrons. The van der Waals surface area contributed by atoms with Crippen LogP contribution in [0.3, 0.4) is 0 Å². The summed E-state index contributed by atoms with van der Waals surface area (Å²) in [6.45, 7) is 4.86. The Labute approximate surface area is 113 Å². The van der Waals surface area contributed by atoms with Crippen LogP contribution in [0.25, 0.3) is 0 Å². The first-order valence-corrected chi connectivity index (χ1v) is 6.46. The lowest BCUT2D eigenvalue weighted by molar-refractivity contribution is 0.0964. The largest absolute Gasteiger partial charge is 0.327 e. The predicted octanol–water partition coefficient (Wildman–Crippen LogP) is 1.88. The Morgan fingerprint density at radius 1 is 1.56 bits per heavy atom. The molecule has 0 saturated carbocycles. The third-order valence-corrected chi connectivity index (χ3v) is 3.44. The summed E-state index contributed by atoms with van der Waals surface area (Å²) in [6.07, 6.45) is 1.49. The van der Waals surface area contributed by atoms with Crippen LogP contribution in [0.4, 0.5) is 4.39 Å². The SMILES string of the molecule is CC(C)C(F)(CN)c1c(Cl)cnn1CCN(C)C. The molecule has 1 heterocycles. The van der Waals surface area contributed by atoms with Crippen LogP contribution >= 0.6 is 11.6 Å². The molecule has 2 N–H and O–H groups in total. The van der Waals surface area contributed by atoms with E-state index in [0.717, 1.165) is 6.54 Å². The van der Waals surface area contributed by atoms with Gasteiger partial charge >= 0.3 is 0 Å². The molecule has 0 spiro atoms. The average Bonchev–Trinajstić information content (AvgIpc) is 2.67. The van der Waals surface area contributed by atoms with Crippen molar-refractivity contribution >= 4 is 11.6 Å². The molecule has 0 aliphatic heterocycles. The first kappa shape index (κ1) is 15.4. The molecule has 0 aromatic carbocycles. The quantitative estimate of drug-likeness (QED) is 0.863. The van der Waals surface area contributed by atoms with E-state index in [9.17, 15) is 4.39 Å². The lowest BCUT2D eigenvalue weighted by Crippen LogP contribution is -2.38. The third-order valence-electron chi connectivity index (χ3n) is 3.16. The van der Waals surface area contributed by atoms with E-state index in [1.807, 2.05) is 19.0 Å². The maximum Gasteiger partial charge on any atom is 0.168 e. The Kier molecular flexibility index (Phi) is 5.13. The monoisotopic (exact) mass is 276 g/mol. The summed E-state index contributed by atoms with van der Waals surface area (Å²) in [4.78, 5) is 2.01. The smallest absolute Gasteiger partial charge is 0.168 e. The van der Waals surface area contributed by atoms with E-state index < -0.39 is 5.67 Å². The number of rotatable bonds is 6. The van der Waals surface area contributed by atoms with Crippen molar-refractivity contribution in [2.45, 2.75) is 26.1 Å². The Morgan fingerprint density at radius 2 is 2.17 bits per heavy atom. The maximum absolute atomic E-state index is 15.0. The number of halogens is 2. The summed E-state index contributed by atoms with van der Waals surface area (Å²) in [5.41, 5.74) is 4.36. The van der Waals surface area contributed by atoms with E-state index in [0.29, 0.717) is 17.3 Å². The van der Waals surface area contributed by atoms with Gasteiger partial charge in [-0.3, -0.25) is 4.68 Å². The molecule has 1 aromatic heterocycles. The minimum absolute atomic E-state index is 0.0992. The normalized spacial score (nSPS) is 15.4. The molecule has 1 atom stereocenters. The molecule has 0 radical (unpaired) electrons. The van der Waals surface area contributed by atoms with Crippen molar-refractivity contribution in [3.05, 3.63) is 16.9 Å². The van der Waals surface area contributed by atoms with Gasteiger partial charge in [-0.2, -0.15) is 5.10 Å². The highest BCUT2D eigenvalue weighted by atomic mass is 35.5. The second kappa shape index (κ2) is 5.99. The molecule has 4 nitrogen and oxygen atoms in total. The van der Waals surface area contributed by atoms with Gasteiger partial charge in [-0.1, -0.05) is 25.4 Å². The number of alkyl halides is 1. The predicted molar refractivity (Wildman–Crippen MR) is 72.5 cm³/mol. The van der Waals surface area contributed by atoms with E-state index >= 15 is 0 Å². The van der Waals surface area contributed by atoms with Gasteiger partial charge in [0, 0.05) is 13.1 Å². The maximum atomic E-state index is 15.0. The van der Waals surface area contributed by atoms with Crippen molar-refractivity contribution in [3.8, 4) is 0 Å². The summed E-state index contributed by atoms with van der Waals surface area (Å²) >= 11 is 6.08. The van der Waals surface area contributed by atoms with E-state index in [1.54, 1.807) is 18.5 Å². The van der Waals surface area contributed by atoms with Crippen molar-refractivity contribution in [2.75, 3.05) is 27.2 Å². The van der Waals surface area contributed by atoms with Crippen LogP contribution < -0.4 is 5.73 Å². The van der Waals surface area contributed by atoms with Crippen molar-refractivity contribution in [1.29, 1.82) is 0 Å². The second-order valence-electron chi connectivity index (χ2n) is 5.09. The Balaban J connectivity index is 3.10. The molecule has 18 heavy (non-hydrogen) atoms. The van der Waals surface area contributed by atoms with Crippen LogP contribution in [0.15, 0.2) is 6.20 Å². The minimum Gasteiger partial charge on any atom is -0.327 e. The van der Waals surface area contributed by atoms with Gasteiger partial charge in [0.15, 0.2) is 5.67 Å². The molecule has 0 aliphatic rings. The van der Waals surface area contributed by atoms with Crippen molar-refractivity contribution in [1.82, 2.24) is 14.7 Å². The third kappa shape index (κ3) is 3.02. The molecule has 0 amide bonds. The Morgan fingerprint density at radius 3 is 2.61 bits per heavy atom. The summed E-state index contributed by atoms with van der Waals surface area (Å²) in [5, 5.41) is 4.49. The first-order valence-electron chi connectivity index (χ1n) is 6.08. The summed E-state index contributed by atoms with van der Waals surface area (Å²) in [5.74, 6) is -0.255. The number of nitrogens with zero attached hydrogens (tertiary/aromatic N) is 3. The van der Waals surface area contributed by atoms with Gasteiger partial charge in [-0.05, 0) is 20.0 Å². The van der Waals surface area contributed by atoms with Gasteiger partial charge in [0.25, 0.3) is 0 Å². The second-order valence-corrected chi connectivity index (χ2v) is 5.50.